The second-order valence-electron chi connectivity index (χ2n) is 5.87. The second kappa shape index (κ2) is 6.13. The average molecular weight is 276 g/mol. The monoisotopic (exact) mass is 276 g/mol. The van der Waals surface area contributed by atoms with Crippen molar-refractivity contribution >= 4 is 11.1 Å². The van der Waals surface area contributed by atoms with Crippen LogP contribution in [0.15, 0.2) is 49.6 Å². The van der Waals surface area contributed by atoms with Crippen LogP contribution in [0.2, 0.25) is 0 Å². The lowest BCUT2D eigenvalue weighted by Gasteiger charge is -2.12. The van der Waals surface area contributed by atoms with Gasteiger partial charge in [0, 0.05) is 0 Å². The molecule has 0 bridgehead atoms. The van der Waals surface area contributed by atoms with E-state index in [9.17, 15) is 0 Å². The van der Waals surface area contributed by atoms with Crippen LogP contribution in [-0.2, 0) is 6.42 Å². The molecule has 0 saturated carbocycles. The molecule has 0 fully saturated rings. The zero-order valence-corrected chi connectivity index (χ0v) is 13.6. The summed E-state index contributed by atoms with van der Waals surface area (Å²) in [6.45, 7) is 16.6. The van der Waals surface area contributed by atoms with Crippen LogP contribution in [0.25, 0.3) is 22.3 Å². The Morgan fingerprint density at radius 3 is 2.19 bits per heavy atom. The number of hydrogen-bond donors (Lipinski definition) is 0. The van der Waals surface area contributed by atoms with Gasteiger partial charge >= 0.3 is 0 Å². The summed E-state index contributed by atoms with van der Waals surface area (Å²) in [6.07, 6.45) is 1.02. The van der Waals surface area contributed by atoms with E-state index < -0.39 is 0 Å². The van der Waals surface area contributed by atoms with Gasteiger partial charge in [-0.25, -0.2) is 0 Å². The first-order valence-corrected chi connectivity index (χ1v) is 7.49. The van der Waals surface area contributed by atoms with E-state index >= 15 is 0 Å². The number of aryl methyl sites for hydroxylation is 2. The maximum Gasteiger partial charge on any atom is -0.0175 e. The van der Waals surface area contributed by atoms with Crippen molar-refractivity contribution in [1.29, 1.82) is 0 Å². The van der Waals surface area contributed by atoms with Gasteiger partial charge < -0.3 is 0 Å². The van der Waals surface area contributed by atoms with Gasteiger partial charge in [0.05, 0.1) is 0 Å². The molecule has 0 atom stereocenters. The fourth-order valence-electron chi connectivity index (χ4n) is 2.68. The molecule has 0 aliphatic heterocycles. The first kappa shape index (κ1) is 15.3. The molecule has 0 aliphatic rings. The molecule has 0 nitrogen and oxygen atoms in total. The summed E-state index contributed by atoms with van der Waals surface area (Å²) in [5.41, 5.74) is 9.88. The van der Waals surface area contributed by atoms with Crippen molar-refractivity contribution in [3.8, 4) is 11.1 Å². The molecule has 0 aromatic heterocycles. The van der Waals surface area contributed by atoms with Gasteiger partial charge in [-0.05, 0) is 66.6 Å². The average Bonchev–Trinajstić information content (AvgIpc) is 2.45. The summed E-state index contributed by atoms with van der Waals surface area (Å²) >= 11 is 0. The highest BCUT2D eigenvalue weighted by Crippen LogP contribution is 2.29. The molecule has 0 spiro atoms. The van der Waals surface area contributed by atoms with Crippen LogP contribution in [0.3, 0.4) is 0 Å². The molecule has 21 heavy (non-hydrogen) atoms. The van der Waals surface area contributed by atoms with Crippen LogP contribution in [0.5, 0.6) is 0 Å². The van der Waals surface area contributed by atoms with Gasteiger partial charge in [0.25, 0.3) is 0 Å². The Morgan fingerprint density at radius 2 is 1.62 bits per heavy atom. The van der Waals surface area contributed by atoms with Gasteiger partial charge in [0.2, 0.25) is 0 Å². The van der Waals surface area contributed by atoms with Crippen LogP contribution >= 0.6 is 0 Å². The first-order valence-electron chi connectivity index (χ1n) is 7.49. The normalized spacial score (nSPS) is 10.5. The molecule has 0 radical (unpaired) electrons. The van der Waals surface area contributed by atoms with Crippen LogP contribution in [-0.4, -0.2) is 0 Å². The highest BCUT2D eigenvalue weighted by molar-refractivity contribution is 5.75. The Labute approximate surface area is 128 Å². The standard InChI is InChI=1S/C21H24/c1-7-17-12-18(8-9-21(17)15(4)5)20-11-16(6)10-19(13-20)14(2)3/h8-13H,2,4,7H2,1,3,5-6H3. The molecule has 0 heteroatoms. The maximum atomic E-state index is 4.08. The zero-order valence-electron chi connectivity index (χ0n) is 13.6. The smallest absolute Gasteiger partial charge is 0.0175 e. The SMILES string of the molecule is C=C(C)c1cc(C)cc(-c2ccc(C(=C)C)c(CC)c2)c1. The van der Waals surface area contributed by atoms with Crippen LogP contribution in [0.4, 0.5) is 0 Å². The number of hydrogen-bond acceptors (Lipinski definition) is 0. The number of allylic oxidation sites excluding steroid dienone is 2. The minimum Gasteiger partial charge on any atom is -0.0955 e. The minimum atomic E-state index is 1.02. The van der Waals surface area contributed by atoms with E-state index in [4.69, 9.17) is 0 Å². The van der Waals surface area contributed by atoms with Crippen molar-refractivity contribution in [2.75, 3.05) is 0 Å². The summed E-state index contributed by atoms with van der Waals surface area (Å²) in [5.74, 6) is 0. The van der Waals surface area contributed by atoms with E-state index in [-0.39, 0.29) is 0 Å². The summed E-state index contributed by atoms with van der Waals surface area (Å²) in [4.78, 5) is 0. The van der Waals surface area contributed by atoms with E-state index in [1.54, 1.807) is 0 Å². The Hall–Kier alpha value is -2.08. The summed E-state index contributed by atoms with van der Waals surface area (Å²) in [5, 5.41) is 0. The third kappa shape index (κ3) is 3.33. The Morgan fingerprint density at radius 1 is 0.905 bits per heavy atom. The topological polar surface area (TPSA) is 0 Å². The van der Waals surface area contributed by atoms with Crippen molar-refractivity contribution in [2.45, 2.75) is 34.1 Å². The van der Waals surface area contributed by atoms with Crippen molar-refractivity contribution in [1.82, 2.24) is 0 Å². The quantitative estimate of drug-likeness (QED) is 0.615. The molecule has 0 saturated heterocycles. The summed E-state index contributed by atoms with van der Waals surface area (Å²) < 4.78 is 0. The lowest BCUT2D eigenvalue weighted by atomic mass is 9.92. The molecule has 2 aromatic rings. The fourth-order valence-corrected chi connectivity index (χ4v) is 2.68. The van der Waals surface area contributed by atoms with Gasteiger partial charge in [-0.3, -0.25) is 0 Å². The number of rotatable bonds is 4. The van der Waals surface area contributed by atoms with Crippen molar-refractivity contribution < 1.29 is 0 Å². The largest absolute Gasteiger partial charge is 0.0955 e. The van der Waals surface area contributed by atoms with Crippen LogP contribution in [0.1, 0.15) is 43.0 Å². The molecule has 2 rings (SSSR count). The van der Waals surface area contributed by atoms with E-state index in [0.717, 1.165) is 17.6 Å². The lowest BCUT2D eigenvalue weighted by molar-refractivity contribution is 1.13. The van der Waals surface area contributed by atoms with Crippen LogP contribution < -0.4 is 0 Å². The first-order chi connectivity index (χ1) is 9.92. The highest BCUT2D eigenvalue weighted by Gasteiger charge is 2.07. The van der Waals surface area contributed by atoms with Gasteiger partial charge in [-0.2, -0.15) is 0 Å². The maximum absolute atomic E-state index is 4.08. The van der Waals surface area contributed by atoms with Gasteiger partial charge in [0.15, 0.2) is 0 Å². The van der Waals surface area contributed by atoms with Crippen molar-refractivity contribution in [3.05, 3.63) is 71.8 Å². The molecule has 0 aliphatic carbocycles. The van der Waals surface area contributed by atoms with Crippen LogP contribution in [0, 0.1) is 6.92 Å². The van der Waals surface area contributed by atoms with Gasteiger partial charge in [-0.1, -0.05) is 61.6 Å². The van der Waals surface area contributed by atoms with E-state index in [1.807, 2.05) is 0 Å². The third-order valence-electron chi connectivity index (χ3n) is 3.85. The van der Waals surface area contributed by atoms with E-state index in [0.29, 0.717) is 0 Å². The molecule has 0 N–H and O–H groups in total. The Balaban J connectivity index is 2.57. The molecular formula is C21H24. The van der Waals surface area contributed by atoms with Gasteiger partial charge in [0.1, 0.15) is 0 Å². The molecular weight excluding hydrogens is 252 g/mol. The fraction of sp³-hybridized carbons (Fsp3) is 0.238. The predicted octanol–water partition coefficient (Wildman–Crippen LogP) is 6.29. The minimum absolute atomic E-state index is 1.02. The van der Waals surface area contributed by atoms with E-state index in [2.05, 4.69) is 77.3 Å². The Kier molecular flexibility index (Phi) is 4.47. The molecule has 2 aromatic carbocycles. The predicted molar refractivity (Wildman–Crippen MR) is 95.4 cm³/mol. The Bertz CT molecular complexity index is 702. The third-order valence-corrected chi connectivity index (χ3v) is 3.85. The van der Waals surface area contributed by atoms with Crippen molar-refractivity contribution in [3.63, 3.8) is 0 Å². The number of benzene rings is 2. The molecule has 0 heterocycles. The van der Waals surface area contributed by atoms with Gasteiger partial charge in [-0.15, -0.1) is 0 Å². The summed E-state index contributed by atoms with van der Waals surface area (Å²) in [7, 11) is 0. The molecule has 0 unspecified atom stereocenters. The summed E-state index contributed by atoms with van der Waals surface area (Å²) in [6, 6.07) is 13.3. The highest BCUT2D eigenvalue weighted by atomic mass is 14.1. The van der Waals surface area contributed by atoms with Crippen molar-refractivity contribution in [2.24, 2.45) is 0 Å². The molecule has 108 valence electrons. The zero-order chi connectivity index (χ0) is 15.6. The lowest BCUT2D eigenvalue weighted by Crippen LogP contribution is -1.92. The second-order valence-corrected chi connectivity index (χ2v) is 5.87. The van der Waals surface area contributed by atoms with E-state index in [1.165, 1.54) is 33.4 Å². The molecule has 0 amide bonds.